The Morgan fingerprint density at radius 3 is 2.43 bits per heavy atom. The van der Waals surface area contributed by atoms with Gasteiger partial charge in [-0.05, 0) is 36.5 Å². The molecule has 1 saturated carbocycles. The van der Waals surface area contributed by atoms with Gasteiger partial charge >= 0.3 is 0 Å². The molecule has 3 heteroatoms. The summed E-state index contributed by atoms with van der Waals surface area (Å²) in [6.45, 7) is 12.2. The molecule has 0 aromatic carbocycles. The molecule has 2 fully saturated rings. The number of nitrogens with zero attached hydrogens (tertiary/aromatic N) is 1. The number of carbonyl (C=O) groups excluding carboxylic acids is 1. The summed E-state index contributed by atoms with van der Waals surface area (Å²) in [5.74, 6) is 1.39. The second-order valence-electron chi connectivity index (χ2n) is 8.16. The van der Waals surface area contributed by atoms with E-state index in [4.69, 9.17) is 0 Å². The molecular weight excluding hydrogens is 260 g/mol. The van der Waals surface area contributed by atoms with Gasteiger partial charge in [-0.15, -0.1) is 0 Å². The van der Waals surface area contributed by atoms with Crippen LogP contribution in [0.15, 0.2) is 0 Å². The lowest BCUT2D eigenvalue weighted by Crippen LogP contribution is -2.43. The van der Waals surface area contributed by atoms with Crippen LogP contribution >= 0.6 is 0 Å². The molecule has 0 aromatic rings. The van der Waals surface area contributed by atoms with Crippen molar-refractivity contribution >= 4 is 5.91 Å². The molecule has 0 aromatic heterocycles. The zero-order valence-electron chi connectivity index (χ0n) is 14.6. The highest BCUT2D eigenvalue weighted by Crippen LogP contribution is 2.39. The van der Waals surface area contributed by atoms with Crippen LogP contribution in [0.4, 0.5) is 0 Å². The van der Waals surface area contributed by atoms with E-state index in [1.54, 1.807) is 0 Å². The molecule has 21 heavy (non-hydrogen) atoms. The first-order valence-corrected chi connectivity index (χ1v) is 8.93. The van der Waals surface area contributed by atoms with Crippen molar-refractivity contribution in [2.75, 3.05) is 6.54 Å². The normalized spacial score (nSPS) is 30.4. The molecule has 1 amide bonds. The van der Waals surface area contributed by atoms with Crippen molar-refractivity contribution in [1.29, 1.82) is 0 Å². The van der Waals surface area contributed by atoms with Crippen LogP contribution in [0.3, 0.4) is 0 Å². The van der Waals surface area contributed by atoms with Crippen molar-refractivity contribution in [3.8, 4) is 0 Å². The lowest BCUT2D eigenvalue weighted by molar-refractivity contribution is -0.132. The van der Waals surface area contributed by atoms with Crippen LogP contribution in [0.1, 0.15) is 73.1 Å². The van der Waals surface area contributed by atoms with Gasteiger partial charge in [-0.25, -0.2) is 0 Å². The lowest BCUT2D eigenvalue weighted by atomic mass is 9.87. The second-order valence-corrected chi connectivity index (χ2v) is 8.16. The van der Waals surface area contributed by atoms with Gasteiger partial charge in [0.1, 0.15) is 0 Å². The van der Waals surface area contributed by atoms with Gasteiger partial charge in [-0.3, -0.25) is 10.1 Å². The van der Waals surface area contributed by atoms with E-state index in [0.29, 0.717) is 23.2 Å². The zero-order valence-corrected chi connectivity index (χ0v) is 14.6. The Labute approximate surface area is 130 Å². The highest BCUT2D eigenvalue weighted by Gasteiger charge is 2.44. The first-order chi connectivity index (χ1) is 9.86. The molecule has 2 aliphatic rings. The number of amides is 1. The van der Waals surface area contributed by atoms with E-state index in [1.807, 2.05) is 0 Å². The van der Waals surface area contributed by atoms with E-state index < -0.39 is 0 Å². The Hall–Kier alpha value is -0.570. The highest BCUT2D eigenvalue weighted by molar-refractivity contribution is 5.84. The Bertz CT molecular complexity index is 360. The molecule has 1 saturated heterocycles. The maximum atomic E-state index is 12.9. The zero-order chi connectivity index (χ0) is 15.6. The van der Waals surface area contributed by atoms with E-state index in [9.17, 15) is 4.79 Å². The van der Waals surface area contributed by atoms with Crippen LogP contribution in [-0.4, -0.2) is 29.6 Å². The van der Waals surface area contributed by atoms with E-state index in [2.05, 4.69) is 44.8 Å². The van der Waals surface area contributed by atoms with Gasteiger partial charge in [-0.2, -0.15) is 0 Å². The fourth-order valence-electron chi connectivity index (χ4n) is 3.97. The molecule has 1 aliphatic carbocycles. The molecule has 3 atom stereocenters. The average molecular weight is 294 g/mol. The average Bonchev–Trinajstić information content (AvgIpc) is 2.96. The first-order valence-electron chi connectivity index (χ1n) is 8.93. The highest BCUT2D eigenvalue weighted by atomic mass is 16.2. The Morgan fingerprint density at radius 2 is 1.90 bits per heavy atom. The first kappa shape index (κ1) is 16.8. The van der Waals surface area contributed by atoms with E-state index in [1.165, 1.54) is 25.7 Å². The van der Waals surface area contributed by atoms with Crippen LogP contribution in [0, 0.1) is 17.3 Å². The summed E-state index contributed by atoms with van der Waals surface area (Å²) in [5.41, 5.74) is 0.344. The lowest BCUT2D eigenvalue weighted by Gasteiger charge is -2.34. The minimum atomic E-state index is 0.0313. The van der Waals surface area contributed by atoms with Gasteiger partial charge < -0.3 is 4.90 Å². The predicted octanol–water partition coefficient (Wildman–Crippen LogP) is 3.79. The molecule has 3 unspecified atom stereocenters. The van der Waals surface area contributed by atoms with Crippen molar-refractivity contribution < 1.29 is 4.79 Å². The smallest absolute Gasteiger partial charge is 0.241 e. The van der Waals surface area contributed by atoms with Crippen molar-refractivity contribution in [3.63, 3.8) is 0 Å². The minimum Gasteiger partial charge on any atom is -0.325 e. The van der Waals surface area contributed by atoms with Crippen molar-refractivity contribution in [1.82, 2.24) is 10.2 Å². The number of hydrogen-bond donors (Lipinski definition) is 1. The monoisotopic (exact) mass is 294 g/mol. The Morgan fingerprint density at radius 1 is 1.29 bits per heavy atom. The molecule has 0 spiro atoms. The van der Waals surface area contributed by atoms with Gasteiger partial charge in [0.2, 0.25) is 5.91 Å². The summed E-state index contributed by atoms with van der Waals surface area (Å²) in [6.07, 6.45) is 7.58. The summed E-state index contributed by atoms with van der Waals surface area (Å²) < 4.78 is 0. The minimum absolute atomic E-state index is 0.0313. The van der Waals surface area contributed by atoms with Crippen molar-refractivity contribution in [3.05, 3.63) is 0 Å². The SMILES string of the molecule is CCC(C)C1NC(CC(C)C)N(CC2(C)CCCC2)C1=O. The molecular formula is C18H34N2O. The molecule has 2 rings (SSSR count). The summed E-state index contributed by atoms with van der Waals surface area (Å²) in [6, 6.07) is 0.0313. The third-order valence-corrected chi connectivity index (χ3v) is 5.57. The topological polar surface area (TPSA) is 32.3 Å². The predicted molar refractivity (Wildman–Crippen MR) is 87.9 cm³/mol. The van der Waals surface area contributed by atoms with Gasteiger partial charge in [0.15, 0.2) is 0 Å². The maximum absolute atomic E-state index is 12.9. The number of hydrogen-bond acceptors (Lipinski definition) is 2. The standard InChI is InChI=1S/C18H34N2O/c1-6-14(4)16-17(21)20(15(19-16)11-13(2)3)12-18(5)9-7-8-10-18/h13-16,19H,6-12H2,1-5H3. The fraction of sp³-hybridized carbons (Fsp3) is 0.944. The molecule has 0 radical (unpaired) electrons. The summed E-state index contributed by atoms with van der Waals surface area (Å²) >= 11 is 0. The molecule has 1 aliphatic heterocycles. The molecule has 1 N–H and O–H groups in total. The van der Waals surface area contributed by atoms with Crippen LogP contribution in [-0.2, 0) is 4.79 Å². The second kappa shape index (κ2) is 6.68. The maximum Gasteiger partial charge on any atom is 0.241 e. The van der Waals surface area contributed by atoms with E-state index in [-0.39, 0.29) is 12.2 Å². The molecule has 122 valence electrons. The van der Waals surface area contributed by atoms with Gasteiger partial charge in [0.05, 0.1) is 12.2 Å². The third kappa shape index (κ3) is 3.80. The van der Waals surface area contributed by atoms with E-state index >= 15 is 0 Å². The van der Waals surface area contributed by atoms with Crippen LogP contribution in [0.2, 0.25) is 0 Å². The molecule has 3 nitrogen and oxygen atoms in total. The van der Waals surface area contributed by atoms with Gasteiger partial charge in [0, 0.05) is 6.54 Å². The Kier molecular flexibility index (Phi) is 5.34. The van der Waals surface area contributed by atoms with Crippen LogP contribution in [0.5, 0.6) is 0 Å². The number of carbonyl (C=O) groups is 1. The van der Waals surface area contributed by atoms with Crippen molar-refractivity contribution in [2.45, 2.75) is 85.4 Å². The Balaban J connectivity index is 2.11. The molecule has 0 bridgehead atoms. The largest absolute Gasteiger partial charge is 0.325 e. The third-order valence-electron chi connectivity index (χ3n) is 5.57. The van der Waals surface area contributed by atoms with Gasteiger partial charge in [0.25, 0.3) is 0 Å². The number of rotatable bonds is 6. The van der Waals surface area contributed by atoms with Crippen LogP contribution in [0.25, 0.3) is 0 Å². The molecule has 1 heterocycles. The number of nitrogens with one attached hydrogen (secondary N) is 1. The summed E-state index contributed by atoms with van der Waals surface area (Å²) in [7, 11) is 0. The summed E-state index contributed by atoms with van der Waals surface area (Å²) in [4.78, 5) is 15.1. The van der Waals surface area contributed by atoms with Crippen molar-refractivity contribution in [2.24, 2.45) is 17.3 Å². The van der Waals surface area contributed by atoms with E-state index in [0.717, 1.165) is 19.4 Å². The van der Waals surface area contributed by atoms with Crippen LogP contribution < -0.4 is 5.32 Å². The quantitative estimate of drug-likeness (QED) is 0.808. The fourth-order valence-corrected chi connectivity index (χ4v) is 3.97. The summed E-state index contributed by atoms with van der Waals surface area (Å²) in [5, 5.41) is 3.64. The van der Waals surface area contributed by atoms with Gasteiger partial charge in [-0.1, -0.05) is 53.9 Å².